The molecular formula is C13H25NO3. The molecule has 0 aromatic carbocycles. The zero-order valence-electron chi connectivity index (χ0n) is 11.4. The van der Waals surface area contributed by atoms with Gasteiger partial charge in [-0.1, -0.05) is 6.92 Å². The van der Waals surface area contributed by atoms with Crippen LogP contribution in [-0.4, -0.2) is 28.4 Å². The molecule has 1 aliphatic rings. The summed E-state index contributed by atoms with van der Waals surface area (Å²) in [4.78, 5) is 11.6. The molecule has 0 aliphatic heterocycles. The summed E-state index contributed by atoms with van der Waals surface area (Å²) >= 11 is 0. The van der Waals surface area contributed by atoms with E-state index in [9.17, 15) is 9.90 Å². The number of rotatable bonds is 2. The zero-order valence-corrected chi connectivity index (χ0v) is 11.4. The van der Waals surface area contributed by atoms with Crippen LogP contribution in [0.1, 0.15) is 59.8 Å². The van der Waals surface area contributed by atoms with Crippen LogP contribution < -0.4 is 5.32 Å². The van der Waals surface area contributed by atoms with Gasteiger partial charge in [0.15, 0.2) is 0 Å². The summed E-state index contributed by atoms with van der Waals surface area (Å²) in [6, 6.07) is 0. The number of ether oxygens (including phenoxy) is 1. The molecule has 0 saturated heterocycles. The first kappa shape index (κ1) is 14.3. The highest BCUT2D eigenvalue weighted by atomic mass is 16.6. The highest BCUT2D eigenvalue weighted by Crippen LogP contribution is 2.32. The Balaban J connectivity index is 2.34. The first-order valence-electron chi connectivity index (χ1n) is 6.45. The van der Waals surface area contributed by atoms with Gasteiger partial charge in [0.05, 0.1) is 5.60 Å². The van der Waals surface area contributed by atoms with Gasteiger partial charge in [-0.25, -0.2) is 4.79 Å². The van der Waals surface area contributed by atoms with Gasteiger partial charge in [0.2, 0.25) is 0 Å². The Hall–Kier alpha value is -0.770. The normalized spacial score (nSPS) is 29.8. The lowest BCUT2D eigenvalue weighted by Gasteiger charge is -2.35. The van der Waals surface area contributed by atoms with Crippen LogP contribution >= 0.6 is 0 Å². The van der Waals surface area contributed by atoms with Gasteiger partial charge in [0.25, 0.3) is 0 Å². The third kappa shape index (κ3) is 4.94. The van der Waals surface area contributed by atoms with Crippen molar-refractivity contribution in [3.63, 3.8) is 0 Å². The Morgan fingerprint density at radius 3 is 2.35 bits per heavy atom. The predicted octanol–water partition coefficient (Wildman–Crippen LogP) is 2.59. The van der Waals surface area contributed by atoms with E-state index in [1.807, 2.05) is 27.7 Å². The van der Waals surface area contributed by atoms with Gasteiger partial charge < -0.3 is 15.2 Å². The maximum absolute atomic E-state index is 11.6. The van der Waals surface area contributed by atoms with Crippen molar-refractivity contribution in [3.05, 3.63) is 0 Å². The standard InChI is InChI=1S/C13H25NO3/c1-5-13(16)8-6-10(7-9-13)17-11(15)14-12(2,3)4/h10,16H,5-9H2,1-4H3,(H,14,15). The molecule has 0 aromatic rings. The molecule has 4 nitrogen and oxygen atoms in total. The van der Waals surface area contributed by atoms with Crippen molar-refractivity contribution in [3.8, 4) is 0 Å². The molecule has 1 rings (SSSR count). The molecule has 0 radical (unpaired) electrons. The molecule has 0 bridgehead atoms. The van der Waals surface area contributed by atoms with Crippen LogP contribution in [-0.2, 0) is 4.74 Å². The van der Waals surface area contributed by atoms with Gasteiger partial charge in [-0.3, -0.25) is 0 Å². The number of aliphatic hydroxyl groups is 1. The molecule has 100 valence electrons. The summed E-state index contributed by atoms with van der Waals surface area (Å²) in [5.41, 5.74) is -0.809. The number of carbonyl (C=O) groups is 1. The first-order chi connectivity index (χ1) is 7.74. The van der Waals surface area contributed by atoms with Crippen molar-refractivity contribution in [1.82, 2.24) is 5.32 Å². The number of carbonyl (C=O) groups excluding carboxylic acids is 1. The van der Waals surface area contributed by atoms with Crippen molar-refractivity contribution < 1.29 is 14.6 Å². The summed E-state index contributed by atoms with van der Waals surface area (Å²) in [5.74, 6) is 0. The topological polar surface area (TPSA) is 58.6 Å². The molecule has 17 heavy (non-hydrogen) atoms. The number of amides is 1. The molecule has 0 aromatic heterocycles. The van der Waals surface area contributed by atoms with Crippen molar-refractivity contribution in [2.24, 2.45) is 0 Å². The lowest BCUT2D eigenvalue weighted by molar-refractivity contribution is -0.0388. The second-order valence-electron chi connectivity index (χ2n) is 6.06. The molecule has 1 fully saturated rings. The Morgan fingerprint density at radius 1 is 1.41 bits per heavy atom. The van der Waals surface area contributed by atoms with Crippen molar-refractivity contribution in [2.45, 2.75) is 77.0 Å². The minimum absolute atomic E-state index is 0.0517. The van der Waals surface area contributed by atoms with Crippen molar-refractivity contribution in [2.75, 3.05) is 0 Å². The Morgan fingerprint density at radius 2 is 1.94 bits per heavy atom. The van der Waals surface area contributed by atoms with E-state index in [-0.39, 0.29) is 17.7 Å². The molecule has 2 N–H and O–H groups in total. The first-order valence-corrected chi connectivity index (χ1v) is 6.45. The Bertz CT molecular complexity index is 262. The average Bonchev–Trinajstić information content (AvgIpc) is 2.19. The van der Waals surface area contributed by atoms with E-state index in [4.69, 9.17) is 4.74 Å². The SMILES string of the molecule is CCC1(O)CCC(OC(=O)NC(C)(C)C)CC1. The summed E-state index contributed by atoms with van der Waals surface area (Å²) in [7, 11) is 0. The molecule has 0 atom stereocenters. The van der Waals surface area contributed by atoms with E-state index in [1.165, 1.54) is 0 Å². The van der Waals surface area contributed by atoms with Crippen LogP contribution in [0.2, 0.25) is 0 Å². The third-order valence-electron chi connectivity index (χ3n) is 3.27. The Labute approximate surface area is 104 Å². The molecule has 0 spiro atoms. The molecule has 4 heteroatoms. The number of hydrogen-bond donors (Lipinski definition) is 2. The van der Waals surface area contributed by atoms with E-state index in [0.717, 1.165) is 32.1 Å². The van der Waals surface area contributed by atoms with Gasteiger partial charge in [0, 0.05) is 5.54 Å². The molecule has 0 unspecified atom stereocenters. The highest BCUT2D eigenvalue weighted by molar-refractivity contribution is 5.68. The molecular weight excluding hydrogens is 218 g/mol. The van der Waals surface area contributed by atoms with Gasteiger partial charge in [-0.05, 0) is 52.9 Å². The van der Waals surface area contributed by atoms with Gasteiger partial charge in [0.1, 0.15) is 6.10 Å². The molecule has 1 saturated carbocycles. The van der Waals surface area contributed by atoms with E-state index < -0.39 is 5.60 Å². The minimum atomic E-state index is -0.541. The van der Waals surface area contributed by atoms with Crippen LogP contribution in [0.15, 0.2) is 0 Å². The smallest absolute Gasteiger partial charge is 0.407 e. The third-order valence-corrected chi connectivity index (χ3v) is 3.27. The number of hydrogen-bond acceptors (Lipinski definition) is 3. The lowest BCUT2D eigenvalue weighted by Crippen LogP contribution is -2.44. The summed E-state index contributed by atoms with van der Waals surface area (Å²) in [6.07, 6.45) is 3.31. The van der Waals surface area contributed by atoms with Crippen LogP contribution in [0.4, 0.5) is 4.79 Å². The summed E-state index contributed by atoms with van der Waals surface area (Å²) in [6.45, 7) is 7.76. The fraction of sp³-hybridized carbons (Fsp3) is 0.923. The second kappa shape index (κ2) is 5.25. The zero-order chi connectivity index (χ0) is 13.1. The maximum Gasteiger partial charge on any atom is 0.407 e. The largest absolute Gasteiger partial charge is 0.446 e. The van der Waals surface area contributed by atoms with E-state index >= 15 is 0 Å². The van der Waals surface area contributed by atoms with Crippen LogP contribution in [0.5, 0.6) is 0 Å². The predicted molar refractivity (Wildman–Crippen MR) is 66.9 cm³/mol. The van der Waals surface area contributed by atoms with E-state index in [1.54, 1.807) is 0 Å². The van der Waals surface area contributed by atoms with Crippen LogP contribution in [0.25, 0.3) is 0 Å². The van der Waals surface area contributed by atoms with Crippen molar-refractivity contribution >= 4 is 6.09 Å². The fourth-order valence-corrected chi connectivity index (χ4v) is 2.09. The van der Waals surface area contributed by atoms with Gasteiger partial charge in [-0.2, -0.15) is 0 Å². The fourth-order valence-electron chi connectivity index (χ4n) is 2.09. The molecule has 0 heterocycles. The average molecular weight is 243 g/mol. The summed E-state index contributed by atoms with van der Waals surface area (Å²) < 4.78 is 5.34. The van der Waals surface area contributed by atoms with Crippen LogP contribution in [0, 0.1) is 0 Å². The number of alkyl carbamates (subject to hydrolysis) is 1. The van der Waals surface area contributed by atoms with Crippen molar-refractivity contribution in [1.29, 1.82) is 0 Å². The molecule has 1 aliphatic carbocycles. The highest BCUT2D eigenvalue weighted by Gasteiger charge is 2.33. The maximum atomic E-state index is 11.6. The Kier molecular flexibility index (Phi) is 4.42. The van der Waals surface area contributed by atoms with Gasteiger partial charge >= 0.3 is 6.09 Å². The van der Waals surface area contributed by atoms with Crippen LogP contribution in [0.3, 0.4) is 0 Å². The summed E-state index contributed by atoms with van der Waals surface area (Å²) in [5, 5.41) is 12.8. The molecule has 1 amide bonds. The quantitative estimate of drug-likeness (QED) is 0.783. The minimum Gasteiger partial charge on any atom is -0.446 e. The van der Waals surface area contributed by atoms with E-state index in [0.29, 0.717) is 0 Å². The number of nitrogens with one attached hydrogen (secondary N) is 1. The van der Waals surface area contributed by atoms with Gasteiger partial charge in [-0.15, -0.1) is 0 Å². The second-order valence-corrected chi connectivity index (χ2v) is 6.06. The van der Waals surface area contributed by atoms with E-state index in [2.05, 4.69) is 5.32 Å². The lowest BCUT2D eigenvalue weighted by atomic mass is 9.82. The monoisotopic (exact) mass is 243 g/mol.